The third-order valence-electron chi connectivity index (χ3n) is 3.69. The Bertz CT molecular complexity index is 702. The van der Waals surface area contributed by atoms with Gasteiger partial charge in [-0.1, -0.05) is 24.3 Å². The van der Waals surface area contributed by atoms with Crippen molar-refractivity contribution in [2.75, 3.05) is 7.11 Å². The zero-order valence-corrected chi connectivity index (χ0v) is 11.9. The Morgan fingerprint density at radius 3 is 2.19 bits per heavy atom. The Labute approximate surface area is 123 Å². The molecule has 0 N–H and O–H groups in total. The second-order valence-corrected chi connectivity index (χ2v) is 5.05. The van der Waals surface area contributed by atoms with Crippen LogP contribution in [0.1, 0.15) is 31.8 Å². The van der Waals surface area contributed by atoms with Crippen molar-refractivity contribution < 1.29 is 14.3 Å². The number of methoxy groups -OCH3 is 1. The lowest BCUT2D eigenvalue weighted by atomic mass is 10.1. The van der Waals surface area contributed by atoms with Gasteiger partial charge in [-0.25, -0.2) is 0 Å². The molecule has 1 heterocycles. The van der Waals surface area contributed by atoms with Crippen LogP contribution >= 0.6 is 0 Å². The summed E-state index contributed by atoms with van der Waals surface area (Å²) in [6.45, 7) is 2.20. The first kappa shape index (κ1) is 13.4. The van der Waals surface area contributed by atoms with Crippen molar-refractivity contribution in [3.8, 4) is 5.75 Å². The first-order valence-electron chi connectivity index (χ1n) is 6.70. The van der Waals surface area contributed by atoms with E-state index in [-0.39, 0.29) is 18.4 Å². The number of nitrogens with zero attached hydrogens (tertiary/aromatic N) is 1. The molecule has 0 spiro atoms. The summed E-state index contributed by atoms with van der Waals surface area (Å²) in [6.07, 6.45) is 0. The minimum absolute atomic E-state index is 0.241. The van der Waals surface area contributed by atoms with Gasteiger partial charge in [-0.3, -0.25) is 14.5 Å². The van der Waals surface area contributed by atoms with E-state index in [9.17, 15) is 9.59 Å². The number of hydrogen-bond donors (Lipinski definition) is 0. The summed E-state index contributed by atoms with van der Waals surface area (Å²) in [7, 11) is 1.61. The number of hydrogen-bond acceptors (Lipinski definition) is 3. The standard InChI is InChI=1S/C17H15NO3/c1-11-7-8-12(9-15(11)21-2)10-18-16(19)13-5-3-4-6-14(13)17(18)20/h3-9H,10H2,1-2H3. The lowest BCUT2D eigenvalue weighted by molar-refractivity contribution is 0.0642. The Hall–Kier alpha value is -2.62. The molecular weight excluding hydrogens is 266 g/mol. The number of amides is 2. The van der Waals surface area contributed by atoms with Crippen LogP contribution in [0.3, 0.4) is 0 Å². The fourth-order valence-corrected chi connectivity index (χ4v) is 2.53. The van der Waals surface area contributed by atoms with Crippen LogP contribution < -0.4 is 4.74 Å². The van der Waals surface area contributed by atoms with Crippen molar-refractivity contribution >= 4 is 11.8 Å². The maximum Gasteiger partial charge on any atom is 0.261 e. The van der Waals surface area contributed by atoms with Crippen molar-refractivity contribution in [1.82, 2.24) is 4.90 Å². The molecule has 0 saturated carbocycles. The Kier molecular flexibility index (Phi) is 3.22. The van der Waals surface area contributed by atoms with Crippen LogP contribution in [0.5, 0.6) is 5.75 Å². The van der Waals surface area contributed by atoms with E-state index in [1.165, 1.54) is 4.90 Å². The van der Waals surface area contributed by atoms with E-state index in [4.69, 9.17) is 4.74 Å². The van der Waals surface area contributed by atoms with Gasteiger partial charge in [0.1, 0.15) is 5.75 Å². The highest BCUT2D eigenvalue weighted by Gasteiger charge is 2.34. The number of imide groups is 1. The molecule has 3 rings (SSSR count). The molecule has 0 unspecified atom stereocenters. The quantitative estimate of drug-likeness (QED) is 0.813. The number of carbonyl (C=O) groups excluding carboxylic acids is 2. The van der Waals surface area contributed by atoms with Gasteiger partial charge in [0, 0.05) is 0 Å². The molecule has 2 aromatic rings. The summed E-state index contributed by atoms with van der Waals surface area (Å²) in [6, 6.07) is 12.6. The fraction of sp³-hybridized carbons (Fsp3) is 0.176. The molecule has 2 aromatic carbocycles. The first-order valence-corrected chi connectivity index (χ1v) is 6.70. The molecule has 1 aliphatic rings. The minimum Gasteiger partial charge on any atom is -0.496 e. The maximum absolute atomic E-state index is 12.3. The molecule has 0 saturated heterocycles. The van der Waals surface area contributed by atoms with Gasteiger partial charge in [0.2, 0.25) is 0 Å². The average molecular weight is 281 g/mol. The van der Waals surface area contributed by atoms with Gasteiger partial charge in [0.25, 0.3) is 11.8 Å². The van der Waals surface area contributed by atoms with Gasteiger partial charge >= 0.3 is 0 Å². The van der Waals surface area contributed by atoms with Gasteiger partial charge in [-0.15, -0.1) is 0 Å². The zero-order chi connectivity index (χ0) is 15.0. The summed E-state index contributed by atoms with van der Waals surface area (Å²) >= 11 is 0. The number of benzene rings is 2. The van der Waals surface area contributed by atoms with E-state index < -0.39 is 0 Å². The predicted molar refractivity (Wildman–Crippen MR) is 78.4 cm³/mol. The van der Waals surface area contributed by atoms with Crippen LogP contribution in [-0.4, -0.2) is 23.8 Å². The number of fused-ring (bicyclic) bond motifs is 1. The van der Waals surface area contributed by atoms with E-state index in [0.29, 0.717) is 11.1 Å². The van der Waals surface area contributed by atoms with Crippen LogP contribution in [0.2, 0.25) is 0 Å². The molecule has 0 fully saturated rings. The normalized spacial score (nSPS) is 13.5. The van der Waals surface area contributed by atoms with Gasteiger partial charge in [0.05, 0.1) is 24.8 Å². The SMILES string of the molecule is COc1cc(CN2C(=O)c3ccccc3C2=O)ccc1C. The fourth-order valence-electron chi connectivity index (χ4n) is 2.53. The van der Waals surface area contributed by atoms with Gasteiger partial charge in [0.15, 0.2) is 0 Å². The average Bonchev–Trinajstić information content (AvgIpc) is 2.74. The Balaban J connectivity index is 1.90. The molecule has 0 aromatic heterocycles. The molecule has 106 valence electrons. The van der Waals surface area contributed by atoms with Crippen molar-refractivity contribution in [1.29, 1.82) is 0 Å². The molecule has 0 atom stereocenters. The van der Waals surface area contributed by atoms with Gasteiger partial charge in [-0.05, 0) is 36.2 Å². The monoisotopic (exact) mass is 281 g/mol. The third kappa shape index (κ3) is 2.18. The van der Waals surface area contributed by atoms with Crippen LogP contribution in [0, 0.1) is 6.92 Å². The smallest absolute Gasteiger partial charge is 0.261 e. The molecule has 0 aliphatic carbocycles. The van der Waals surface area contributed by atoms with E-state index in [2.05, 4.69) is 0 Å². The molecule has 1 aliphatic heterocycles. The summed E-state index contributed by atoms with van der Waals surface area (Å²) in [5.74, 6) is 0.273. The first-order chi connectivity index (χ1) is 10.1. The van der Waals surface area contributed by atoms with Crippen LogP contribution in [0.25, 0.3) is 0 Å². The lowest BCUT2D eigenvalue weighted by Crippen LogP contribution is -2.29. The molecule has 4 nitrogen and oxygen atoms in total. The minimum atomic E-state index is -0.241. The molecular formula is C17H15NO3. The maximum atomic E-state index is 12.3. The van der Waals surface area contributed by atoms with Crippen molar-refractivity contribution in [3.05, 3.63) is 64.7 Å². The zero-order valence-electron chi connectivity index (χ0n) is 11.9. The summed E-state index contributed by atoms with van der Waals surface area (Å²) in [5, 5.41) is 0. The van der Waals surface area contributed by atoms with Crippen molar-refractivity contribution in [2.45, 2.75) is 13.5 Å². The summed E-state index contributed by atoms with van der Waals surface area (Å²) < 4.78 is 5.28. The summed E-state index contributed by atoms with van der Waals surface area (Å²) in [4.78, 5) is 25.9. The molecule has 0 radical (unpaired) electrons. The van der Waals surface area contributed by atoms with E-state index in [0.717, 1.165) is 16.9 Å². The van der Waals surface area contributed by atoms with E-state index in [1.54, 1.807) is 31.4 Å². The van der Waals surface area contributed by atoms with Gasteiger partial charge in [-0.2, -0.15) is 0 Å². The van der Waals surface area contributed by atoms with Crippen molar-refractivity contribution in [3.63, 3.8) is 0 Å². The topological polar surface area (TPSA) is 46.6 Å². The second kappa shape index (κ2) is 5.05. The third-order valence-corrected chi connectivity index (χ3v) is 3.69. The highest BCUT2D eigenvalue weighted by Crippen LogP contribution is 2.26. The van der Waals surface area contributed by atoms with Crippen molar-refractivity contribution in [2.24, 2.45) is 0 Å². The molecule has 0 bridgehead atoms. The van der Waals surface area contributed by atoms with E-state index >= 15 is 0 Å². The van der Waals surface area contributed by atoms with E-state index in [1.807, 2.05) is 25.1 Å². The summed E-state index contributed by atoms with van der Waals surface area (Å²) in [5.41, 5.74) is 2.83. The number of carbonyl (C=O) groups is 2. The predicted octanol–water partition coefficient (Wildman–Crippen LogP) is 2.80. The van der Waals surface area contributed by atoms with Crippen LogP contribution in [0.15, 0.2) is 42.5 Å². The highest BCUT2D eigenvalue weighted by atomic mass is 16.5. The molecule has 21 heavy (non-hydrogen) atoms. The van der Waals surface area contributed by atoms with Gasteiger partial charge < -0.3 is 4.74 Å². The van der Waals surface area contributed by atoms with Crippen LogP contribution in [0.4, 0.5) is 0 Å². The lowest BCUT2D eigenvalue weighted by Gasteiger charge is -2.15. The Morgan fingerprint density at radius 1 is 1.00 bits per heavy atom. The number of aryl methyl sites for hydroxylation is 1. The second-order valence-electron chi connectivity index (χ2n) is 5.05. The largest absolute Gasteiger partial charge is 0.496 e. The Morgan fingerprint density at radius 2 is 1.62 bits per heavy atom. The molecule has 4 heteroatoms. The number of rotatable bonds is 3. The highest BCUT2D eigenvalue weighted by molar-refractivity contribution is 6.21. The number of ether oxygens (including phenoxy) is 1. The van der Waals surface area contributed by atoms with Crippen LogP contribution in [-0.2, 0) is 6.54 Å². The molecule has 2 amide bonds.